The summed E-state index contributed by atoms with van der Waals surface area (Å²) in [6.45, 7) is 4.30. The van der Waals surface area contributed by atoms with Gasteiger partial charge in [0.15, 0.2) is 0 Å². The fraction of sp³-hybridized carbons (Fsp3) is 0.600. The maximum absolute atomic E-state index is 12.0. The summed E-state index contributed by atoms with van der Waals surface area (Å²) in [4.78, 5) is 1.35. The van der Waals surface area contributed by atoms with Crippen LogP contribution in [0.4, 0.5) is 0 Å². The molecular formula is C10H15Br2NO2S2. The van der Waals surface area contributed by atoms with E-state index in [-0.39, 0.29) is 4.83 Å². The fourth-order valence-corrected chi connectivity index (χ4v) is 5.72. The molecule has 0 aliphatic heterocycles. The van der Waals surface area contributed by atoms with Gasteiger partial charge >= 0.3 is 0 Å². The molecule has 1 aromatic heterocycles. The quantitative estimate of drug-likeness (QED) is 0.735. The molecule has 0 fully saturated rings. The predicted octanol–water partition coefficient (Wildman–Crippen LogP) is 3.66. The van der Waals surface area contributed by atoms with E-state index in [1.54, 1.807) is 6.07 Å². The predicted molar refractivity (Wildman–Crippen MR) is 79.6 cm³/mol. The molecule has 1 N–H and O–H groups in total. The van der Waals surface area contributed by atoms with Crippen molar-refractivity contribution >= 4 is 53.2 Å². The second kappa shape index (κ2) is 6.65. The van der Waals surface area contributed by atoms with Gasteiger partial charge in [0.25, 0.3) is 0 Å². The van der Waals surface area contributed by atoms with Gasteiger partial charge in [-0.05, 0) is 35.3 Å². The standard InChI is InChI=1S/C10H15Br2NO2S2/c1-3-4-8(11)6-13-17(14,15)9-5-10(12)16-7(9)2/h5,8,13H,3-4,6H2,1-2H3. The molecule has 1 rings (SSSR count). The topological polar surface area (TPSA) is 46.2 Å². The van der Waals surface area contributed by atoms with Gasteiger partial charge in [0.05, 0.1) is 8.68 Å². The maximum atomic E-state index is 12.0. The first kappa shape index (κ1) is 15.6. The molecule has 0 amide bonds. The molecule has 3 nitrogen and oxygen atoms in total. The van der Waals surface area contributed by atoms with Gasteiger partial charge in [-0.2, -0.15) is 0 Å². The average Bonchev–Trinajstić information content (AvgIpc) is 2.56. The molecule has 17 heavy (non-hydrogen) atoms. The van der Waals surface area contributed by atoms with Crippen molar-refractivity contribution < 1.29 is 8.42 Å². The van der Waals surface area contributed by atoms with Gasteiger partial charge < -0.3 is 0 Å². The van der Waals surface area contributed by atoms with Gasteiger partial charge in [-0.15, -0.1) is 11.3 Å². The molecule has 1 unspecified atom stereocenters. The van der Waals surface area contributed by atoms with Gasteiger partial charge in [-0.1, -0.05) is 29.3 Å². The summed E-state index contributed by atoms with van der Waals surface area (Å²) in [5, 5.41) is 0. The minimum Gasteiger partial charge on any atom is -0.210 e. The van der Waals surface area contributed by atoms with Crippen LogP contribution in [-0.2, 0) is 10.0 Å². The lowest BCUT2D eigenvalue weighted by molar-refractivity contribution is 0.578. The Morgan fingerprint density at radius 3 is 2.65 bits per heavy atom. The smallest absolute Gasteiger partial charge is 0.210 e. The van der Waals surface area contributed by atoms with Crippen molar-refractivity contribution in [1.82, 2.24) is 4.72 Å². The van der Waals surface area contributed by atoms with E-state index in [4.69, 9.17) is 0 Å². The van der Waals surface area contributed by atoms with E-state index in [1.165, 1.54) is 11.3 Å². The Morgan fingerprint density at radius 1 is 1.53 bits per heavy atom. The van der Waals surface area contributed by atoms with Crippen LogP contribution in [0.1, 0.15) is 24.6 Å². The van der Waals surface area contributed by atoms with Gasteiger partial charge in [0.1, 0.15) is 0 Å². The number of aryl methyl sites for hydroxylation is 1. The summed E-state index contributed by atoms with van der Waals surface area (Å²) in [7, 11) is -3.38. The molecule has 1 heterocycles. The fourth-order valence-electron chi connectivity index (χ4n) is 1.39. The lowest BCUT2D eigenvalue weighted by atomic mass is 10.2. The third-order valence-corrected chi connectivity index (χ3v) is 6.24. The Bertz CT molecular complexity index is 471. The molecule has 1 aromatic rings. The number of sulfonamides is 1. The summed E-state index contributed by atoms with van der Waals surface area (Å²) in [5.74, 6) is 0. The van der Waals surface area contributed by atoms with Crippen LogP contribution in [0.5, 0.6) is 0 Å². The van der Waals surface area contributed by atoms with Crippen molar-refractivity contribution in [2.24, 2.45) is 0 Å². The number of halogens is 2. The molecular weight excluding hydrogens is 390 g/mol. The zero-order chi connectivity index (χ0) is 13.1. The van der Waals surface area contributed by atoms with E-state index in [2.05, 4.69) is 43.5 Å². The van der Waals surface area contributed by atoms with Crippen LogP contribution in [0.2, 0.25) is 0 Å². The lowest BCUT2D eigenvalue weighted by Gasteiger charge is -2.10. The first-order valence-corrected chi connectivity index (χ1v) is 9.27. The van der Waals surface area contributed by atoms with Gasteiger partial charge in [0.2, 0.25) is 10.0 Å². The third-order valence-electron chi connectivity index (χ3n) is 2.23. The van der Waals surface area contributed by atoms with E-state index in [0.717, 1.165) is 21.5 Å². The molecule has 0 spiro atoms. The van der Waals surface area contributed by atoms with Gasteiger partial charge in [0, 0.05) is 16.2 Å². The van der Waals surface area contributed by atoms with Crippen LogP contribution < -0.4 is 4.72 Å². The average molecular weight is 405 g/mol. The highest BCUT2D eigenvalue weighted by atomic mass is 79.9. The van der Waals surface area contributed by atoms with Crippen molar-refractivity contribution in [3.63, 3.8) is 0 Å². The Kier molecular flexibility index (Phi) is 6.12. The second-order valence-corrected chi connectivity index (χ2v) is 9.37. The van der Waals surface area contributed by atoms with Crippen molar-refractivity contribution in [2.45, 2.75) is 36.4 Å². The molecule has 98 valence electrons. The van der Waals surface area contributed by atoms with Crippen molar-refractivity contribution in [1.29, 1.82) is 0 Å². The van der Waals surface area contributed by atoms with Crippen LogP contribution >= 0.6 is 43.2 Å². The molecule has 7 heteroatoms. The third kappa shape index (κ3) is 4.63. The first-order chi connectivity index (χ1) is 7.86. The largest absolute Gasteiger partial charge is 0.241 e. The van der Waals surface area contributed by atoms with Crippen LogP contribution in [0.3, 0.4) is 0 Å². The molecule has 0 aromatic carbocycles. The summed E-state index contributed by atoms with van der Waals surface area (Å²) in [6.07, 6.45) is 1.98. The molecule has 0 aliphatic rings. The van der Waals surface area contributed by atoms with Crippen molar-refractivity contribution in [3.05, 3.63) is 14.7 Å². The molecule has 0 radical (unpaired) electrons. The lowest BCUT2D eigenvalue weighted by Crippen LogP contribution is -2.29. The Labute approximate surface area is 123 Å². The second-order valence-electron chi connectivity index (χ2n) is 3.71. The van der Waals surface area contributed by atoms with E-state index < -0.39 is 10.0 Å². The molecule has 0 saturated heterocycles. The minimum atomic E-state index is -3.38. The van der Waals surface area contributed by atoms with Crippen molar-refractivity contribution in [3.8, 4) is 0 Å². The summed E-state index contributed by atoms with van der Waals surface area (Å²) in [6, 6.07) is 1.64. The van der Waals surface area contributed by atoms with Crippen LogP contribution in [0, 0.1) is 6.92 Å². The molecule has 0 bridgehead atoms. The zero-order valence-electron chi connectivity index (χ0n) is 9.66. The maximum Gasteiger partial charge on any atom is 0.241 e. The highest BCUT2D eigenvalue weighted by Crippen LogP contribution is 2.29. The Morgan fingerprint density at radius 2 is 2.18 bits per heavy atom. The van der Waals surface area contributed by atoms with Crippen LogP contribution in [0.15, 0.2) is 14.7 Å². The summed E-state index contributed by atoms with van der Waals surface area (Å²) in [5.41, 5.74) is 0. The van der Waals surface area contributed by atoms with E-state index >= 15 is 0 Å². The number of alkyl halides is 1. The number of thiophene rings is 1. The summed E-state index contributed by atoms with van der Waals surface area (Å²) < 4.78 is 27.5. The van der Waals surface area contributed by atoms with Gasteiger partial charge in [-0.3, -0.25) is 0 Å². The first-order valence-electron chi connectivity index (χ1n) is 5.26. The number of nitrogens with one attached hydrogen (secondary N) is 1. The molecule has 0 saturated carbocycles. The molecule has 0 aliphatic carbocycles. The Hall–Kier alpha value is 0.570. The number of hydrogen-bond donors (Lipinski definition) is 1. The normalized spacial score (nSPS) is 13.9. The Balaban J connectivity index is 2.73. The highest BCUT2D eigenvalue weighted by molar-refractivity contribution is 9.11. The van der Waals surface area contributed by atoms with E-state index in [1.807, 2.05) is 6.92 Å². The number of hydrogen-bond acceptors (Lipinski definition) is 3. The van der Waals surface area contributed by atoms with Crippen molar-refractivity contribution in [2.75, 3.05) is 6.54 Å². The minimum absolute atomic E-state index is 0.185. The monoisotopic (exact) mass is 403 g/mol. The summed E-state index contributed by atoms with van der Waals surface area (Å²) >= 11 is 8.18. The molecule has 1 atom stereocenters. The zero-order valence-corrected chi connectivity index (χ0v) is 14.5. The van der Waals surface area contributed by atoms with E-state index in [0.29, 0.717) is 11.4 Å². The van der Waals surface area contributed by atoms with Crippen LogP contribution in [0.25, 0.3) is 0 Å². The van der Waals surface area contributed by atoms with E-state index in [9.17, 15) is 8.42 Å². The van der Waals surface area contributed by atoms with Crippen LogP contribution in [-0.4, -0.2) is 19.8 Å². The SMILES string of the molecule is CCCC(Br)CNS(=O)(=O)c1cc(Br)sc1C. The van der Waals surface area contributed by atoms with Gasteiger partial charge in [-0.25, -0.2) is 13.1 Å². The highest BCUT2D eigenvalue weighted by Gasteiger charge is 2.20. The number of rotatable bonds is 6.